The van der Waals surface area contributed by atoms with Crippen LogP contribution in [0.1, 0.15) is 59.8 Å². The molecule has 0 saturated heterocycles. The second-order valence-corrected chi connectivity index (χ2v) is 9.27. The predicted octanol–water partition coefficient (Wildman–Crippen LogP) is 5.40. The van der Waals surface area contributed by atoms with E-state index in [9.17, 15) is 0 Å². The molecule has 22 heavy (non-hydrogen) atoms. The van der Waals surface area contributed by atoms with Crippen molar-refractivity contribution >= 4 is 21.0 Å². The Morgan fingerprint density at radius 3 is 2.18 bits per heavy atom. The summed E-state index contributed by atoms with van der Waals surface area (Å²) < 4.78 is 0. The van der Waals surface area contributed by atoms with Gasteiger partial charge < -0.3 is 5.32 Å². The second kappa shape index (κ2) is 12.0. The van der Waals surface area contributed by atoms with E-state index in [2.05, 4.69) is 38.0 Å². The number of nitrogens with one attached hydrogen (secondary N) is 1. The molecule has 0 amide bonds. The Kier molecular flexibility index (Phi) is 10.6. The first-order valence-corrected chi connectivity index (χ1v) is 11.3. The first-order valence-electron chi connectivity index (χ1n) is 9.25. The molecular formula is C19H35AlN2. The Morgan fingerprint density at radius 2 is 1.68 bits per heavy atom. The molecule has 0 unspecified atom stereocenters. The van der Waals surface area contributed by atoms with Gasteiger partial charge in [-0.2, -0.15) is 0 Å². The molecule has 0 aromatic carbocycles. The fraction of sp³-hybridized carbons (Fsp3) is 0.737. The molecule has 1 saturated carbocycles. The van der Waals surface area contributed by atoms with Gasteiger partial charge in [0.25, 0.3) is 0 Å². The molecule has 1 aromatic rings. The Bertz CT molecular complexity index is 351. The van der Waals surface area contributed by atoms with Gasteiger partial charge in [0.1, 0.15) is 5.82 Å². The number of aromatic nitrogens is 1. The summed E-state index contributed by atoms with van der Waals surface area (Å²) in [7, 11) is 0. The van der Waals surface area contributed by atoms with Crippen molar-refractivity contribution in [2.45, 2.75) is 76.4 Å². The van der Waals surface area contributed by atoms with Crippen molar-refractivity contribution in [2.75, 3.05) is 5.32 Å². The minimum Gasteiger partial charge on any atom is -0.367 e. The zero-order valence-corrected chi connectivity index (χ0v) is 16.6. The maximum Gasteiger partial charge on any atom is 0.237 e. The van der Waals surface area contributed by atoms with E-state index >= 15 is 0 Å². The van der Waals surface area contributed by atoms with Crippen molar-refractivity contribution < 1.29 is 0 Å². The molecule has 2 nitrogen and oxygen atoms in total. The Hall–Kier alpha value is -0.518. The standard InChI is InChI=1S/C11H16N2.2C4H9.Al.H/c1-2-6-10(7-3-1)13-11-8-4-5-9-12-11;2*1-4(2)3;;/h4-5,8-10H,1-3,6-7H2,(H,12,13);2*4H,1H2,2-3H3;;. The van der Waals surface area contributed by atoms with E-state index in [1.807, 2.05) is 24.4 Å². The molecule has 0 aliphatic heterocycles. The number of hydrogen-bond acceptors (Lipinski definition) is 2. The van der Waals surface area contributed by atoms with Crippen LogP contribution in [-0.2, 0) is 0 Å². The third kappa shape index (κ3) is 10.2. The maximum absolute atomic E-state index is 4.26. The van der Waals surface area contributed by atoms with Crippen LogP contribution in [0.4, 0.5) is 5.82 Å². The van der Waals surface area contributed by atoms with Crippen molar-refractivity contribution in [1.82, 2.24) is 4.98 Å². The molecule has 124 valence electrons. The lowest BCUT2D eigenvalue weighted by molar-refractivity contribution is 0.462. The second-order valence-electron chi connectivity index (χ2n) is 7.41. The lowest BCUT2D eigenvalue weighted by Gasteiger charge is -2.23. The lowest BCUT2D eigenvalue weighted by Crippen LogP contribution is -2.22. The quantitative estimate of drug-likeness (QED) is 0.711. The Labute approximate surface area is 144 Å². The molecule has 0 bridgehead atoms. The van der Waals surface area contributed by atoms with Crippen molar-refractivity contribution in [1.29, 1.82) is 0 Å². The topological polar surface area (TPSA) is 24.9 Å². The molecule has 1 N–H and O–H groups in total. The van der Waals surface area contributed by atoms with Gasteiger partial charge in [0, 0.05) is 12.2 Å². The van der Waals surface area contributed by atoms with Gasteiger partial charge in [-0.05, 0) is 25.0 Å². The van der Waals surface area contributed by atoms with Crippen LogP contribution in [0.25, 0.3) is 0 Å². The monoisotopic (exact) mass is 318 g/mol. The summed E-state index contributed by atoms with van der Waals surface area (Å²) in [6.45, 7) is 9.31. The predicted molar refractivity (Wildman–Crippen MR) is 101 cm³/mol. The lowest BCUT2D eigenvalue weighted by atomic mass is 9.95. The van der Waals surface area contributed by atoms with Crippen LogP contribution in [0, 0.1) is 11.8 Å². The molecule has 1 heterocycles. The maximum atomic E-state index is 4.26. The van der Waals surface area contributed by atoms with Gasteiger partial charge >= 0.3 is 0 Å². The summed E-state index contributed by atoms with van der Waals surface area (Å²) in [4.78, 5) is 4.26. The molecule has 1 aliphatic carbocycles. The third-order valence-electron chi connectivity index (χ3n) is 4.19. The van der Waals surface area contributed by atoms with Crippen LogP contribution in [0.2, 0.25) is 10.6 Å². The molecule has 0 spiro atoms. The number of anilines is 1. The number of rotatable bonds is 6. The first-order chi connectivity index (χ1) is 10.6. The van der Waals surface area contributed by atoms with Gasteiger partial charge in [-0.25, -0.2) is 4.98 Å². The summed E-state index contributed by atoms with van der Waals surface area (Å²) in [6.07, 6.45) is 8.58. The fourth-order valence-electron chi connectivity index (χ4n) is 2.84. The van der Waals surface area contributed by atoms with Crippen LogP contribution in [0.3, 0.4) is 0 Å². The molecule has 2 rings (SSSR count). The van der Waals surface area contributed by atoms with Gasteiger partial charge in [-0.1, -0.05) is 75.4 Å². The number of hydrogen-bond donors (Lipinski definition) is 1. The van der Waals surface area contributed by atoms with Gasteiger partial charge in [-0.15, -0.1) is 0 Å². The third-order valence-corrected chi connectivity index (χ3v) is 7.31. The molecule has 1 aliphatic rings. The van der Waals surface area contributed by atoms with E-state index < -0.39 is 0 Å². The van der Waals surface area contributed by atoms with E-state index in [1.54, 1.807) is 0 Å². The van der Waals surface area contributed by atoms with E-state index in [-0.39, 0.29) is 0 Å². The van der Waals surface area contributed by atoms with Crippen LogP contribution >= 0.6 is 0 Å². The molecule has 0 atom stereocenters. The van der Waals surface area contributed by atoms with Crippen LogP contribution in [0.15, 0.2) is 24.4 Å². The highest BCUT2D eigenvalue weighted by atomic mass is 27.1. The van der Waals surface area contributed by atoms with E-state index in [0.717, 1.165) is 17.7 Å². The van der Waals surface area contributed by atoms with Crippen molar-refractivity contribution in [3.05, 3.63) is 24.4 Å². The average molecular weight is 318 g/mol. The molecule has 3 heteroatoms. The largest absolute Gasteiger partial charge is 0.367 e. The molecule has 1 aromatic heterocycles. The zero-order chi connectivity index (χ0) is 16.2. The summed E-state index contributed by atoms with van der Waals surface area (Å²) in [5, 5.41) is 6.55. The summed E-state index contributed by atoms with van der Waals surface area (Å²) in [6, 6.07) is 6.67. The van der Waals surface area contributed by atoms with Crippen LogP contribution in [-0.4, -0.2) is 26.2 Å². The fourth-order valence-corrected chi connectivity index (χ4v) is 4.71. The van der Waals surface area contributed by atoms with Crippen molar-refractivity contribution in [2.24, 2.45) is 11.8 Å². The van der Waals surface area contributed by atoms with Crippen LogP contribution < -0.4 is 5.32 Å². The van der Waals surface area contributed by atoms with Crippen LogP contribution in [0.5, 0.6) is 0 Å². The molecule has 0 radical (unpaired) electrons. The van der Waals surface area contributed by atoms with Crippen molar-refractivity contribution in [3.8, 4) is 0 Å². The van der Waals surface area contributed by atoms with E-state index in [0.29, 0.717) is 21.3 Å². The smallest absolute Gasteiger partial charge is 0.237 e. The van der Waals surface area contributed by atoms with E-state index in [4.69, 9.17) is 0 Å². The normalized spacial score (nSPS) is 15.4. The van der Waals surface area contributed by atoms with Gasteiger partial charge in [-0.3, -0.25) is 0 Å². The van der Waals surface area contributed by atoms with Gasteiger partial charge in [0.15, 0.2) is 0 Å². The minimum atomic E-state index is 0.316. The molecular weight excluding hydrogens is 283 g/mol. The number of pyridine rings is 1. The highest BCUT2D eigenvalue weighted by Gasteiger charge is 2.12. The van der Waals surface area contributed by atoms with Crippen molar-refractivity contribution in [3.63, 3.8) is 0 Å². The minimum absolute atomic E-state index is 0.316. The Balaban J connectivity index is 0.000000239. The Morgan fingerprint density at radius 1 is 1.05 bits per heavy atom. The first kappa shape index (κ1) is 19.5. The average Bonchev–Trinajstić information content (AvgIpc) is 2.49. The highest BCUT2D eigenvalue weighted by molar-refractivity contribution is 6.35. The summed E-state index contributed by atoms with van der Waals surface area (Å²) in [5.74, 6) is 2.93. The van der Waals surface area contributed by atoms with Gasteiger partial charge in [0.2, 0.25) is 15.2 Å². The van der Waals surface area contributed by atoms with E-state index in [1.165, 1.54) is 42.7 Å². The SMILES string of the molecule is CC(C)[CH2][AlH][CH2]C(C)C.c1ccc(NC2CCCCC2)nc1. The molecule has 1 fully saturated rings. The van der Waals surface area contributed by atoms with Gasteiger partial charge in [0.05, 0.1) is 0 Å². The number of nitrogens with zero attached hydrogens (tertiary/aromatic N) is 1. The summed E-state index contributed by atoms with van der Waals surface area (Å²) >= 11 is 0.316. The zero-order valence-electron chi connectivity index (χ0n) is 15.1. The summed E-state index contributed by atoms with van der Waals surface area (Å²) in [5.41, 5.74) is 0. The highest BCUT2D eigenvalue weighted by Crippen LogP contribution is 2.20.